The Hall–Kier alpha value is -1.60. The number of aliphatic imine (C=N–C) groups is 1. The van der Waals surface area contributed by atoms with E-state index in [1.54, 1.807) is 6.08 Å². The van der Waals surface area contributed by atoms with Crippen LogP contribution in [0.1, 0.15) is 63.1 Å². The molecule has 0 unspecified atom stereocenters. The molecule has 0 aliphatic heterocycles. The van der Waals surface area contributed by atoms with Crippen molar-refractivity contribution in [2.24, 2.45) is 4.99 Å². The number of carbonyl (C=O) groups excluding carboxylic acids is 1. The Morgan fingerprint density at radius 3 is 2.35 bits per heavy atom. The van der Waals surface area contributed by atoms with Crippen LogP contribution < -0.4 is 0 Å². The number of aromatic hydroxyl groups is 1. The zero-order chi connectivity index (χ0) is 15.0. The number of phenols is 1. The van der Waals surface area contributed by atoms with Gasteiger partial charge in [0.2, 0.25) is 6.08 Å². The highest BCUT2D eigenvalue weighted by Gasteiger charge is 2.39. The second-order valence-electron chi connectivity index (χ2n) is 6.90. The molecule has 0 radical (unpaired) electrons. The predicted octanol–water partition coefficient (Wildman–Crippen LogP) is 4.10. The van der Waals surface area contributed by atoms with Gasteiger partial charge in [0, 0.05) is 5.56 Å². The summed E-state index contributed by atoms with van der Waals surface area (Å²) in [4.78, 5) is 14.9. The smallest absolute Gasteiger partial charge is 0.235 e. The minimum absolute atomic E-state index is 0.143. The van der Waals surface area contributed by atoms with Gasteiger partial charge in [-0.05, 0) is 36.8 Å². The zero-order valence-corrected chi connectivity index (χ0v) is 12.8. The van der Waals surface area contributed by atoms with Crippen molar-refractivity contribution in [1.82, 2.24) is 0 Å². The lowest BCUT2D eigenvalue weighted by Crippen LogP contribution is -2.21. The zero-order valence-electron chi connectivity index (χ0n) is 12.8. The second-order valence-corrected chi connectivity index (χ2v) is 6.90. The standard InChI is InChI=1S/C17H23NO2/c1-12-9-13(16(2,3)4)15(20)14(10-12)17(18-11-19)7-5-6-8-17/h9-10,20H,5-8H2,1-4H3. The Labute approximate surface area is 120 Å². The molecule has 2 rings (SSSR count). The van der Waals surface area contributed by atoms with Gasteiger partial charge in [-0.25, -0.2) is 4.79 Å². The lowest BCUT2D eigenvalue weighted by atomic mass is 9.79. The van der Waals surface area contributed by atoms with Gasteiger partial charge in [-0.2, -0.15) is 4.99 Å². The van der Waals surface area contributed by atoms with E-state index in [9.17, 15) is 9.90 Å². The molecule has 1 saturated carbocycles. The first-order valence-corrected chi connectivity index (χ1v) is 7.24. The van der Waals surface area contributed by atoms with E-state index in [2.05, 4.69) is 25.8 Å². The number of hydrogen-bond donors (Lipinski definition) is 1. The molecule has 1 aliphatic carbocycles. The number of aryl methyl sites for hydroxylation is 1. The van der Waals surface area contributed by atoms with Gasteiger partial charge < -0.3 is 5.11 Å². The average molecular weight is 273 g/mol. The first-order chi connectivity index (χ1) is 9.30. The number of isocyanates is 1. The van der Waals surface area contributed by atoms with Crippen molar-refractivity contribution in [1.29, 1.82) is 0 Å². The van der Waals surface area contributed by atoms with Gasteiger partial charge in [-0.3, -0.25) is 0 Å². The van der Waals surface area contributed by atoms with Crippen molar-refractivity contribution in [3.8, 4) is 5.75 Å². The molecule has 0 atom stereocenters. The quantitative estimate of drug-likeness (QED) is 0.651. The molecule has 108 valence electrons. The predicted molar refractivity (Wildman–Crippen MR) is 79.8 cm³/mol. The van der Waals surface area contributed by atoms with Crippen molar-refractivity contribution in [2.75, 3.05) is 0 Å². The number of rotatable bonds is 2. The number of benzene rings is 1. The van der Waals surface area contributed by atoms with Gasteiger partial charge in [0.1, 0.15) is 11.3 Å². The van der Waals surface area contributed by atoms with Gasteiger partial charge in [-0.15, -0.1) is 0 Å². The monoisotopic (exact) mass is 273 g/mol. The number of phenolic OH excluding ortho intramolecular Hbond substituents is 1. The van der Waals surface area contributed by atoms with Gasteiger partial charge in [-0.1, -0.05) is 45.2 Å². The minimum atomic E-state index is -0.572. The molecule has 0 amide bonds. The summed E-state index contributed by atoms with van der Waals surface area (Å²) in [6, 6.07) is 3.99. The largest absolute Gasteiger partial charge is 0.507 e. The maximum Gasteiger partial charge on any atom is 0.235 e. The summed E-state index contributed by atoms with van der Waals surface area (Å²) < 4.78 is 0. The summed E-state index contributed by atoms with van der Waals surface area (Å²) in [5.74, 6) is 0.295. The second kappa shape index (κ2) is 5.06. The first kappa shape index (κ1) is 14.8. The molecule has 0 spiro atoms. The number of nitrogens with zero attached hydrogens (tertiary/aromatic N) is 1. The highest BCUT2D eigenvalue weighted by Crippen LogP contribution is 2.48. The van der Waals surface area contributed by atoms with Gasteiger partial charge in [0.05, 0.1) is 0 Å². The third-order valence-corrected chi connectivity index (χ3v) is 4.25. The fourth-order valence-electron chi connectivity index (χ4n) is 3.19. The summed E-state index contributed by atoms with van der Waals surface area (Å²) in [6.07, 6.45) is 5.40. The van der Waals surface area contributed by atoms with E-state index in [0.717, 1.165) is 42.4 Å². The highest BCUT2D eigenvalue weighted by atomic mass is 16.3. The molecule has 3 nitrogen and oxygen atoms in total. The Morgan fingerprint density at radius 1 is 1.25 bits per heavy atom. The molecule has 0 aromatic heterocycles. The van der Waals surface area contributed by atoms with Crippen LogP contribution in [0, 0.1) is 6.92 Å². The van der Waals surface area contributed by atoms with Crippen LogP contribution in [0.4, 0.5) is 0 Å². The van der Waals surface area contributed by atoms with E-state index in [0.29, 0.717) is 5.75 Å². The van der Waals surface area contributed by atoms with Crippen LogP contribution in [0.15, 0.2) is 17.1 Å². The van der Waals surface area contributed by atoms with Crippen LogP contribution in [0.3, 0.4) is 0 Å². The van der Waals surface area contributed by atoms with Crippen molar-refractivity contribution >= 4 is 6.08 Å². The Balaban J connectivity index is 2.68. The molecule has 1 aromatic carbocycles. The summed E-state index contributed by atoms with van der Waals surface area (Å²) in [6.45, 7) is 8.26. The fraction of sp³-hybridized carbons (Fsp3) is 0.588. The molecule has 20 heavy (non-hydrogen) atoms. The van der Waals surface area contributed by atoms with Crippen LogP contribution in [0.2, 0.25) is 0 Å². The highest BCUT2D eigenvalue weighted by molar-refractivity contribution is 5.52. The van der Waals surface area contributed by atoms with E-state index >= 15 is 0 Å². The first-order valence-electron chi connectivity index (χ1n) is 7.24. The molecular weight excluding hydrogens is 250 g/mol. The average Bonchev–Trinajstić information content (AvgIpc) is 2.80. The fourth-order valence-corrected chi connectivity index (χ4v) is 3.19. The van der Waals surface area contributed by atoms with E-state index in [1.165, 1.54) is 0 Å². The van der Waals surface area contributed by atoms with Crippen LogP contribution in [0.5, 0.6) is 5.75 Å². The van der Waals surface area contributed by atoms with Crippen LogP contribution in [-0.4, -0.2) is 11.2 Å². The topological polar surface area (TPSA) is 49.7 Å². The third-order valence-electron chi connectivity index (χ3n) is 4.25. The van der Waals surface area contributed by atoms with Gasteiger partial charge in [0.25, 0.3) is 0 Å². The van der Waals surface area contributed by atoms with Crippen molar-refractivity contribution in [2.45, 2.75) is 64.3 Å². The number of hydrogen-bond acceptors (Lipinski definition) is 3. The van der Waals surface area contributed by atoms with Crippen molar-refractivity contribution in [3.63, 3.8) is 0 Å². The van der Waals surface area contributed by atoms with E-state index < -0.39 is 5.54 Å². The van der Waals surface area contributed by atoms with Crippen LogP contribution in [-0.2, 0) is 15.7 Å². The molecule has 1 fully saturated rings. The third kappa shape index (κ3) is 2.51. The SMILES string of the molecule is Cc1cc(C(C)(C)C)c(O)c(C2(N=C=O)CCCC2)c1. The van der Waals surface area contributed by atoms with Gasteiger partial charge in [0.15, 0.2) is 0 Å². The summed E-state index contributed by atoms with van der Waals surface area (Å²) in [5, 5.41) is 10.7. The van der Waals surface area contributed by atoms with Crippen LogP contribution >= 0.6 is 0 Å². The van der Waals surface area contributed by atoms with E-state index in [-0.39, 0.29) is 5.41 Å². The lowest BCUT2D eigenvalue weighted by Gasteiger charge is -2.29. The normalized spacial score (nSPS) is 17.8. The summed E-state index contributed by atoms with van der Waals surface area (Å²) in [5.41, 5.74) is 2.09. The Morgan fingerprint density at radius 2 is 1.85 bits per heavy atom. The summed E-state index contributed by atoms with van der Waals surface area (Å²) >= 11 is 0. The molecule has 3 heteroatoms. The molecule has 1 aliphatic rings. The van der Waals surface area contributed by atoms with Crippen LogP contribution in [0.25, 0.3) is 0 Å². The van der Waals surface area contributed by atoms with Crippen molar-refractivity contribution in [3.05, 3.63) is 28.8 Å². The lowest BCUT2D eigenvalue weighted by molar-refractivity contribution is 0.395. The molecule has 0 saturated heterocycles. The molecular formula is C17H23NO2. The molecule has 0 heterocycles. The molecule has 0 bridgehead atoms. The minimum Gasteiger partial charge on any atom is -0.507 e. The maximum absolute atomic E-state index is 10.8. The molecule has 1 aromatic rings. The Bertz CT molecular complexity index is 557. The van der Waals surface area contributed by atoms with E-state index in [1.807, 2.05) is 19.1 Å². The maximum atomic E-state index is 10.8. The van der Waals surface area contributed by atoms with Crippen molar-refractivity contribution < 1.29 is 9.90 Å². The summed E-state index contributed by atoms with van der Waals surface area (Å²) in [7, 11) is 0. The van der Waals surface area contributed by atoms with E-state index in [4.69, 9.17) is 0 Å². The molecule has 1 N–H and O–H groups in total. The van der Waals surface area contributed by atoms with Gasteiger partial charge >= 0.3 is 0 Å². The Kier molecular flexibility index (Phi) is 3.75.